The highest BCUT2D eigenvalue weighted by molar-refractivity contribution is 6.30. The number of nitrogens with two attached hydrogens (primary N) is 1. The topological polar surface area (TPSA) is 36.8 Å². The van der Waals surface area contributed by atoms with E-state index in [9.17, 15) is 5.11 Å². The Morgan fingerprint density at radius 1 is 0.760 bits per heavy atom. The van der Waals surface area contributed by atoms with E-state index in [1.807, 2.05) is 24.3 Å². The summed E-state index contributed by atoms with van der Waals surface area (Å²) >= 11 is 12.1. The Hall–Kier alpha value is -1.06. The highest BCUT2D eigenvalue weighted by Crippen LogP contribution is 2.39. The standard InChI is InChI=1S/C21H25Cl2NO/c1-3-17-19(13-5-9-15(22)10-6-13)24-20(18(4-2)21(17)25)14-7-11-16(23)12-8-14/h5-12,17-21,24-25H,3-4H2,1-2H3/p+1/t17-,18-,19-,20+,21?/m0/s1. The van der Waals surface area contributed by atoms with Gasteiger partial charge in [0.05, 0.1) is 6.10 Å². The number of hydrogen-bond acceptors (Lipinski definition) is 1. The minimum absolute atomic E-state index is 0.223. The number of piperidine rings is 1. The summed E-state index contributed by atoms with van der Waals surface area (Å²) in [6, 6.07) is 16.5. The third kappa shape index (κ3) is 3.88. The van der Waals surface area contributed by atoms with Crippen molar-refractivity contribution in [3.8, 4) is 0 Å². The second-order valence-corrected chi connectivity index (χ2v) is 7.85. The van der Waals surface area contributed by atoms with E-state index >= 15 is 0 Å². The van der Waals surface area contributed by atoms with Gasteiger partial charge in [0.2, 0.25) is 0 Å². The maximum absolute atomic E-state index is 11.1. The Bertz CT molecular complexity index is 627. The van der Waals surface area contributed by atoms with Crippen LogP contribution in [0.5, 0.6) is 0 Å². The predicted molar refractivity (Wildman–Crippen MR) is 104 cm³/mol. The first kappa shape index (κ1) is 18.7. The molecule has 1 saturated heterocycles. The zero-order valence-corrected chi connectivity index (χ0v) is 16.2. The van der Waals surface area contributed by atoms with Crippen molar-refractivity contribution < 1.29 is 10.4 Å². The van der Waals surface area contributed by atoms with Gasteiger partial charge in [-0.25, -0.2) is 0 Å². The number of benzene rings is 2. The molecule has 1 unspecified atom stereocenters. The predicted octanol–water partition coefficient (Wildman–Crippen LogP) is 4.77. The van der Waals surface area contributed by atoms with Crippen molar-refractivity contribution in [2.24, 2.45) is 11.8 Å². The van der Waals surface area contributed by atoms with Gasteiger partial charge in [0.15, 0.2) is 0 Å². The number of rotatable bonds is 4. The summed E-state index contributed by atoms with van der Waals surface area (Å²) in [6.07, 6.45) is 1.59. The molecule has 3 rings (SSSR count). The number of quaternary nitrogens is 1. The molecule has 2 nitrogen and oxygen atoms in total. The second-order valence-electron chi connectivity index (χ2n) is 6.98. The van der Waals surface area contributed by atoms with Crippen LogP contribution in [-0.2, 0) is 0 Å². The molecule has 2 aromatic carbocycles. The van der Waals surface area contributed by atoms with E-state index in [2.05, 4.69) is 43.4 Å². The van der Waals surface area contributed by atoms with Crippen LogP contribution in [0.3, 0.4) is 0 Å². The maximum atomic E-state index is 11.1. The minimum Gasteiger partial charge on any atom is -0.392 e. The van der Waals surface area contributed by atoms with Crippen molar-refractivity contribution in [2.45, 2.75) is 44.9 Å². The fourth-order valence-electron chi connectivity index (χ4n) is 4.33. The molecule has 3 N–H and O–H groups in total. The summed E-state index contributed by atoms with van der Waals surface area (Å²) in [5.41, 5.74) is 2.45. The maximum Gasteiger partial charge on any atom is 0.117 e. The zero-order chi connectivity index (χ0) is 18.0. The molecule has 0 aromatic heterocycles. The summed E-state index contributed by atoms with van der Waals surface area (Å²) in [5, 5.41) is 15.0. The molecule has 0 bridgehead atoms. The third-order valence-corrected chi connectivity index (χ3v) is 6.17. The normalized spacial score (nSPS) is 29.6. The van der Waals surface area contributed by atoms with E-state index in [1.165, 1.54) is 11.1 Å². The third-order valence-electron chi connectivity index (χ3n) is 5.67. The first-order valence-corrected chi connectivity index (χ1v) is 9.84. The fourth-order valence-corrected chi connectivity index (χ4v) is 4.58. The molecule has 1 fully saturated rings. The molecule has 5 atom stereocenters. The molecule has 134 valence electrons. The van der Waals surface area contributed by atoms with Gasteiger partial charge in [0.25, 0.3) is 0 Å². The van der Waals surface area contributed by atoms with Crippen molar-refractivity contribution >= 4 is 23.2 Å². The average molecular weight is 379 g/mol. The lowest BCUT2D eigenvalue weighted by atomic mass is 9.71. The summed E-state index contributed by atoms with van der Waals surface area (Å²) in [7, 11) is 0. The molecule has 0 radical (unpaired) electrons. The Morgan fingerprint density at radius 2 is 1.12 bits per heavy atom. The van der Waals surface area contributed by atoms with Gasteiger partial charge >= 0.3 is 0 Å². The van der Waals surface area contributed by atoms with Crippen molar-refractivity contribution in [2.75, 3.05) is 0 Å². The minimum atomic E-state index is -0.318. The van der Waals surface area contributed by atoms with Crippen LogP contribution in [0.25, 0.3) is 0 Å². The Labute approximate surface area is 160 Å². The lowest BCUT2D eigenvalue weighted by molar-refractivity contribution is -0.761. The number of aliphatic hydroxyl groups excluding tert-OH is 1. The molecule has 2 aromatic rings. The Kier molecular flexibility index (Phi) is 6.06. The van der Waals surface area contributed by atoms with Gasteiger partial charge in [0, 0.05) is 33.0 Å². The zero-order valence-electron chi connectivity index (χ0n) is 14.7. The van der Waals surface area contributed by atoms with Crippen LogP contribution in [0, 0.1) is 11.8 Å². The summed E-state index contributed by atoms with van der Waals surface area (Å²) in [5.74, 6) is 0.462. The van der Waals surface area contributed by atoms with E-state index in [0.29, 0.717) is 0 Å². The molecule has 0 amide bonds. The largest absolute Gasteiger partial charge is 0.392 e. The van der Waals surface area contributed by atoms with Gasteiger partial charge in [-0.05, 0) is 37.1 Å². The fraction of sp³-hybridized carbons (Fsp3) is 0.429. The molecule has 1 heterocycles. The van der Waals surface area contributed by atoms with Crippen molar-refractivity contribution in [3.63, 3.8) is 0 Å². The van der Waals surface area contributed by atoms with E-state index < -0.39 is 0 Å². The Balaban J connectivity index is 1.97. The molecule has 0 saturated carbocycles. The second kappa shape index (κ2) is 8.09. The molecule has 0 aliphatic carbocycles. The van der Waals surface area contributed by atoms with Gasteiger partial charge in [-0.2, -0.15) is 0 Å². The number of halogens is 2. The average Bonchev–Trinajstić information content (AvgIpc) is 2.62. The highest BCUT2D eigenvalue weighted by Gasteiger charge is 2.46. The first-order chi connectivity index (χ1) is 12.0. The lowest BCUT2D eigenvalue weighted by Gasteiger charge is -2.43. The first-order valence-electron chi connectivity index (χ1n) is 9.09. The van der Waals surface area contributed by atoms with Gasteiger partial charge in [-0.3, -0.25) is 0 Å². The van der Waals surface area contributed by atoms with Crippen LogP contribution >= 0.6 is 23.2 Å². The molecule has 0 spiro atoms. The molecular weight excluding hydrogens is 353 g/mol. The monoisotopic (exact) mass is 378 g/mol. The summed E-state index contributed by atoms with van der Waals surface area (Å²) in [6.45, 7) is 4.33. The van der Waals surface area contributed by atoms with E-state index in [0.717, 1.165) is 22.9 Å². The lowest BCUT2D eigenvalue weighted by Crippen LogP contribution is -2.92. The quantitative estimate of drug-likeness (QED) is 0.789. The highest BCUT2D eigenvalue weighted by atomic mass is 35.5. The van der Waals surface area contributed by atoms with Crippen LogP contribution in [0.2, 0.25) is 10.0 Å². The van der Waals surface area contributed by atoms with Gasteiger partial charge in [0.1, 0.15) is 12.1 Å². The molecule has 1 aliphatic heterocycles. The molecule has 4 heteroatoms. The van der Waals surface area contributed by atoms with E-state index in [1.54, 1.807) is 0 Å². The van der Waals surface area contributed by atoms with E-state index in [-0.39, 0.29) is 30.0 Å². The van der Waals surface area contributed by atoms with Crippen molar-refractivity contribution in [3.05, 3.63) is 69.7 Å². The number of aliphatic hydroxyl groups is 1. The number of hydrogen-bond donors (Lipinski definition) is 2. The van der Waals surface area contributed by atoms with Crippen LogP contribution < -0.4 is 5.32 Å². The van der Waals surface area contributed by atoms with Crippen molar-refractivity contribution in [1.29, 1.82) is 0 Å². The SMILES string of the molecule is CC[C@@H]1C(O)[C@@H](CC)[C@H](c2ccc(Cl)cc2)[NH2+][C@@H]1c1ccc(Cl)cc1. The van der Waals surface area contributed by atoms with Gasteiger partial charge < -0.3 is 10.4 Å². The van der Waals surface area contributed by atoms with Crippen LogP contribution in [-0.4, -0.2) is 11.2 Å². The van der Waals surface area contributed by atoms with E-state index in [4.69, 9.17) is 23.2 Å². The van der Waals surface area contributed by atoms with Crippen LogP contribution in [0.15, 0.2) is 48.5 Å². The molecule has 1 aliphatic rings. The van der Waals surface area contributed by atoms with Crippen LogP contribution in [0.4, 0.5) is 0 Å². The van der Waals surface area contributed by atoms with Crippen molar-refractivity contribution in [1.82, 2.24) is 0 Å². The van der Waals surface area contributed by atoms with Crippen LogP contribution in [0.1, 0.15) is 49.9 Å². The van der Waals surface area contributed by atoms with Gasteiger partial charge in [-0.15, -0.1) is 0 Å². The summed E-state index contributed by atoms with van der Waals surface area (Å²) < 4.78 is 0. The van der Waals surface area contributed by atoms with Gasteiger partial charge in [-0.1, -0.05) is 61.3 Å². The Morgan fingerprint density at radius 3 is 1.44 bits per heavy atom. The summed E-state index contributed by atoms with van der Waals surface area (Å²) in [4.78, 5) is 0. The molecule has 25 heavy (non-hydrogen) atoms. The molecular formula is C21H26Cl2NO+. The smallest absolute Gasteiger partial charge is 0.117 e.